The van der Waals surface area contributed by atoms with Gasteiger partial charge < -0.3 is 14.7 Å². The number of aliphatic imine (C=N–C) groups is 1. The van der Waals surface area contributed by atoms with E-state index in [9.17, 15) is 13.5 Å². The van der Waals surface area contributed by atoms with E-state index in [1.165, 1.54) is 19.2 Å². The van der Waals surface area contributed by atoms with Gasteiger partial charge in [0.1, 0.15) is 5.84 Å². The van der Waals surface area contributed by atoms with E-state index in [4.69, 9.17) is 31.5 Å². The molecule has 5 rings (SSSR count). The van der Waals surface area contributed by atoms with Gasteiger partial charge in [0, 0.05) is 28.8 Å². The first kappa shape index (κ1) is 24.4. The fourth-order valence-electron chi connectivity index (χ4n) is 4.35. The number of hydrogen-bond donors (Lipinski definition) is 2. The Balaban J connectivity index is 1.59. The number of nitrogens with two attached hydrogens (primary N) is 1. The van der Waals surface area contributed by atoms with Gasteiger partial charge in [0.2, 0.25) is 15.7 Å². The quantitative estimate of drug-likeness (QED) is 0.397. The van der Waals surface area contributed by atoms with E-state index in [0.29, 0.717) is 27.8 Å². The van der Waals surface area contributed by atoms with Crippen molar-refractivity contribution in [2.24, 2.45) is 10.1 Å². The highest BCUT2D eigenvalue weighted by Crippen LogP contribution is 2.38. The molecule has 3 aromatic carbocycles. The number of sulfonamides is 1. The lowest BCUT2D eigenvalue weighted by Gasteiger charge is -2.30. The van der Waals surface area contributed by atoms with Crippen molar-refractivity contribution in [3.63, 3.8) is 0 Å². The van der Waals surface area contributed by atoms with Crippen LogP contribution in [0, 0.1) is 0 Å². The second kappa shape index (κ2) is 9.27. The topological polar surface area (TPSA) is 118 Å². The van der Waals surface area contributed by atoms with E-state index in [0.717, 1.165) is 10.9 Å². The fourth-order valence-corrected chi connectivity index (χ4v) is 4.99. The summed E-state index contributed by atoms with van der Waals surface area (Å²) in [5.74, 6) is 0.473. The minimum atomic E-state index is -3.85. The molecular weight excluding hydrogens is 500 g/mol. The third kappa shape index (κ3) is 4.59. The summed E-state index contributed by atoms with van der Waals surface area (Å²) < 4.78 is 29.2. The molecular formula is C26H23ClN4O4S. The Bertz CT molecular complexity index is 1560. The summed E-state index contributed by atoms with van der Waals surface area (Å²) >= 11 is 6.09. The summed E-state index contributed by atoms with van der Waals surface area (Å²) in [6, 6.07) is 24.6. The molecule has 8 nitrogen and oxygen atoms in total. The number of pyridine rings is 1. The van der Waals surface area contributed by atoms with Gasteiger partial charge in [-0.2, -0.15) is 0 Å². The van der Waals surface area contributed by atoms with E-state index in [1.54, 1.807) is 41.3 Å². The van der Waals surface area contributed by atoms with Gasteiger partial charge in [-0.1, -0.05) is 35.9 Å². The van der Waals surface area contributed by atoms with Crippen LogP contribution in [0.4, 0.5) is 5.69 Å². The summed E-state index contributed by atoms with van der Waals surface area (Å²) in [5, 5.41) is 18.6. The number of fused-ring (bicyclic) bond motifs is 1. The second-order valence-electron chi connectivity index (χ2n) is 8.49. The minimum absolute atomic E-state index is 0.0131. The monoisotopic (exact) mass is 522 g/mol. The number of hydrogen-bond acceptors (Lipinski definition) is 7. The molecule has 1 aliphatic rings. The van der Waals surface area contributed by atoms with Gasteiger partial charge >= 0.3 is 0 Å². The van der Waals surface area contributed by atoms with E-state index < -0.39 is 21.9 Å². The van der Waals surface area contributed by atoms with Crippen molar-refractivity contribution < 1.29 is 18.3 Å². The van der Waals surface area contributed by atoms with Gasteiger partial charge in [0.25, 0.3) is 0 Å². The highest BCUT2D eigenvalue weighted by Gasteiger charge is 2.47. The van der Waals surface area contributed by atoms with E-state index in [1.807, 2.05) is 36.4 Å². The van der Waals surface area contributed by atoms with Crippen molar-refractivity contribution >= 4 is 44.1 Å². The molecule has 1 aromatic heterocycles. The molecule has 4 aromatic rings. The Morgan fingerprint density at radius 1 is 1.03 bits per heavy atom. The maximum Gasteiger partial charge on any atom is 0.238 e. The molecule has 184 valence electrons. The molecule has 0 saturated heterocycles. The van der Waals surface area contributed by atoms with Crippen LogP contribution in [-0.4, -0.2) is 43.7 Å². The molecule has 10 heteroatoms. The molecule has 0 amide bonds. The van der Waals surface area contributed by atoms with E-state index in [2.05, 4.69) is 0 Å². The number of aromatic nitrogens is 1. The average Bonchev–Trinajstić information content (AvgIpc) is 3.22. The summed E-state index contributed by atoms with van der Waals surface area (Å²) in [6.07, 6.45) is -0.877. The Kier molecular flexibility index (Phi) is 6.27. The van der Waals surface area contributed by atoms with Crippen LogP contribution in [0.5, 0.6) is 0 Å². The molecule has 0 aliphatic carbocycles. The summed E-state index contributed by atoms with van der Waals surface area (Å²) in [7, 11) is -2.35. The fraction of sp³-hybridized carbons (Fsp3) is 0.154. The third-order valence-corrected chi connectivity index (χ3v) is 7.25. The van der Waals surface area contributed by atoms with Gasteiger partial charge in [-0.3, -0.25) is 0 Å². The number of anilines is 1. The number of β-amino-alcohol motifs (C(OH)–C–C–N with tert-alkyl or cyclic N) is 1. The predicted molar refractivity (Wildman–Crippen MR) is 140 cm³/mol. The van der Waals surface area contributed by atoms with Crippen LogP contribution in [0.3, 0.4) is 0 Å². The molecule has 2 unspecified atom stereocenters. The summed E-state index contributed by atoms with van der Waals surface area (Å²) in [4.78, 5) is 11.2. The molecule has 0 saturated carbocycles. The summed E-state index contributed by atoms with van der Waals surface area (Å²) in [6.45, 7) is 0.0344. The highest BCUT2D eigenvalue weighted by molar-refractivity contribution is 7.89. The normalized spacial score (nSPS) is 18.9. The van der Waals surface area contributed by atoms with Crippen LogP contribution in [0.15, 0.2) is 94.8 Å². The lowest BCUT2D eigenvalue weighted by Crippen LogP contribution is -2.42. The van der Waals surface area contributed by atoms with Crippen molar-refractivity contribution in [1.82, 2.24) is 4.98 Å². The molecule has 3 N–H and O–H groups in total. The second-order valence-corrected chi connectivity index (χ2v) is 10.5. The maximum absolute atomic E-state index is 11.8. The number of halogens is 1. The Morgan fingerprint density at radius 3 is 2.39 bits per heavy atom. The molecule has 36 heavy (non-hydrogen) atoms. The molecule has 0 fully saturated rings. The number of nitrogens with zero attached hydrogens (tertiary/aromatic N) is 3. The zero-order chi connectivity index (χ0) is 25.5. The first-order valence-electron chi connectivity index (χ1n) is 11.0. The van der Waals surface area contributed by atoms with Crippen LogP contribution in [0.25, 0.3) is 10.9 Å². The number of primary sulfonamides is 1. The number of ether oxygens (including phenoxy) is 1. The number of benzene rings is 3. The van der Waals surface area contributed by atoms with E-state index >= 15 is 0 Å². The standard InChI is InChI=1S/C26H23ClN4O4S/c1-35-24(23-15-8-17-4-2-3-5-22(17)29-23)26(32)16-31(20-11-13-21(14-12-20)36(28,33)34)25(30-26)18-6-9-19(27)10-7-18/h2-15,24,32H,16H2,1H3,(H2,28,33,34). The predicted octanol–water partition coefficient (Wildman–Crippen LogP) is 3.88. The smallest absolute Gasteiger partial charge is 0.238 e. The zero-order valence-electron chi connectivity index (χ0n) is 19.2. The molecule has 2 heterocycles. The number of rotatable bonds is 6. The van der Waals surface area contributed by atoms with E-state index in [-0.39, 0.29) is 11.4 Å². The minimum Gasteiger partial charge on any atom is -0.370 e. The van der Waals surface area contributed by atoms with Crippen LogP contribution in [-0.2, 0) is 14.8 Å². The lowest BCUT2D eigenvalue weighted by atomic mass is 10.0. The molecule has 0 radical (unpaired) electrons. The van der Waals surface area contributed by atoms with Gasteiger partial charge in [0.15, 0.2) is 6.10 Å². The molecule has 2 atom stereocenters. The van der Waals surface area contributed by atoms with Gasteiger partial charge in [0.05, 0.1) is 22.7 Å². The van der Waals surface area contributed by atoms with Crippen molar-refractivity contribution in [1.29, 1.82) is 0 Å². The van der Waals surface area contributed by atoms with Crippen LogP contribution >= 0.6 is 11.6 Å². The molecule has 0 bridgehead atoms. The first-order chi connectivity index (χ1) is 17.2. The number of amidine groups is 1. The average molecular weight is 523 g/mol. The number of methoxy groups -OCH3 is 1. The molecule has 0 spiro atoms. The summed E-state index contributed by atoms with van der Waals surface area (Å²) in [5.41, 5.74) is 0.943. The zero-order valence-corrected chi connectivity index (χ0v) is 20.8. The Hall–Kier alpha value is -3.34. The van der Waals surface area contributed by atoms with Crippen molar-refractivity contribution in [3.05, 3.63) is 101 Å². The van der Waals surface area contributed by atoms with Crippen molar-refractivity contribution in [2.75, 3.05) is 18.6 Å². The van der Waals surface area contributed by atoms with Crippen molar-refractivity contribution in [3.8, 4) is 0 Å². The number of para-hydroxylation sites is 1. The Morgan fingerprint density at radius 2 is 1.72 bits per heavy atom. The first-order valence-corrected chi connectivity index (χ1v) is 13.0. The van der Waals surface area contributed by atoms with Crippen molar-refractivity contribution in [2.45, 2.75) is 16.7 Å². The van der Waals surface area contributed by atoms with Gasteiger partial charge in [-0.25, -0.2) is 23.5 Å². The highest BCUT2D eigenvalue weighted by atomic mass is 35.5. The van der Waals surface area contributed by atoms with Crippen LogP contribution < -0.4 is 10.0 Å². The maximum atomic E-state index is 11.8. The van der Waals surface area contributed by atoms with Crippen LogP contribution in [0.1, 0.15) is 17.4 Å². The Labute approximate surface area is 213 Å². The van der Waals surface area contributed by atoms with Gasteiger partial charge in [-0.15, -0.1) is 0 Å². The largest absolute Gasteiger partial charge is 0.370 e. The molecule has 1 aliphatic heterocycles. The number of aliphatic hydroxyl groups is 1. The SMILES string of the molecule is COC(c1ccc2ccccc2n1)C1(O)CN(c2ccc(S(N)(=O)=O)cc2)C(c2ccc(Cl)cc2)=N1. The lowest BCUT2D eigenvalue weighted by molar-refractivity contribution is -0.0813. The van der Waals surface area contributed by atoms with Crippen LogP contribution in [0.2, 0.25) is 5.02 Å². The third-order valence-electron chi connectivity index (χ3n) is 6.07. The van der Waals surface area contributed by atoms with Gasteiger partial charge in [-0.05, 0) is 60.7 Å².